The van der Waals surface area contributed by atoms with Gasteiger partial charge in [0, 0.05) is 0 Å². The Morgan fingerprint density at radius 3 is 1.52 bits per heavy atom. The molecule has 0 radical (unpaired) electrons. The monoisotopic (exact) mass is 304 g/mol. The molecular weight excluding hydrogens is 272 g/mol. The third-order valence-electron chi connectivity index (χ3n) is 3.15. The predicted octanol–water partition coefficient (Wildman–Crippen LogP) is 7.13. The zero-order valence-corrected chi connectivity index (χ0v) is 14.5. The summed E-state index contributed by atoms with van der Waals surface area (Å²) in [5.74, 6) is 0. The quantitative estimate of drug-likeness (QED) is 0.187. The van der Waals surface area contributed by atoms with Gasteiger partial charge in [0.15, 0.2) is 0 Å². The fraction of sp³-hybridized carbons (Fsp3) is 0.550. The van der Waals surface area contributed by atoms with Gasteiger partial charge in [-0.3, -0.25) is 0 Å². The average Bonchev–Trinajstić information content (AvgIpc) is 2.50. The molecule has 0 heterocycles. The number of allylic oxidation sites excluding steroid dienone is 8. The minimum atomic E-state index is 1.04. The second-order valence-corrected chi connectivity index (χ2v) is 5.52. The first-order chi connectivity index (χ1) is 10.4. The minimum absolute atomic E-state index is 1.04. The Balaban J connectivity index is 3.37. The van der Waals surface area contributed by atoms with Crippen molar-refractivity contribution < 1.29 is 0 Å². The molecule has 0 saturated heterocycles. The highest BCUT2D eigenvalue weighted by molar-refractivity contribution is 7.78. The van der Waals surface area contributed by atoms with Gasteiger partial charge in [-0.1, -0.05) is 80.6 Å². The van der Waals surface area contributed by atoms with Gasteiger partial charge in [0.25, 0.3) is 0 Å². The molecule has 0 aromatic carbocycles. The van der Waals surface area contributed by atoms with Crippen LogP contribution in [-0.2, 0) is 0 Å². The summed E-state index contributed by atoms with van der Waals surface area (Å²) < 4.78 is 0. The van der Waals surface area contributed by atoms with Gasteiger partial charge in [0.05, 0.1) is 0 Å². The van der Waals surface area contributed by atoms with E-state index in [1.54, 1.807) is 0 Å². The lowest BCUT2D eigenvalue weighted by atomic mass is 10.2. The summed E-state index contributed by atoms with van der Waals surface area (Å²) in [4.78, 5) is 0. The van der Waals surface area contributed by atoms with Crippen LogP contribution in [0.1, 0.15) is 71.1 Å². The SMILES string of the molecule is CCCCC/C=C\C/C=C\C/C=C\C/C=C\CCCC=S. The van der Waals surface area contributed by atoms with E-state index < -0.39 is 0 Å². The standard InChI is InChI=1S/C20H32S/c1-2-3-4-5-6-7-8-9-10-11-12-13-14-15-16-17-18-19-20-21/h6-7,9-10,12-13,15-16,20H,2-5,8,11,14,17-19H2,1H3/b7-6-,10-9-,13-12-,16-15-. The normalized spacial score (nSPS) is 12.4. The van der Waals surface area contributed by atoms with Gasteiger partial charge in [-0.05, 0) is 56.7 Å². The van der Waals surface area contributed by atoms with Crippen molar-refractivity contribution in [2.45, 2.75) is 71.1 Å². The molecule has 118 valence electrons. The number of hydrogen-bond acceptors (Lipinski definition) is 1. The first-order valence-corrected chi connectivity index (χ1v) is 8.92. The molecule has 0 aromatic heterocycles. The Morgan fingerprint density at radius 1 is 0.571 bits per heavy atom. The van der Waals surface area contributed by atoms with Crippen molar-refractivity contribution in [3.05, 3.63) is 48.6 Å². The van der Waals surface area contributed by atoms with E-state index >= 15 is 0 Å². The van der Waals surface area contributed by atoms with E-state index in [1.807, 2.05) is 5.37 Å². The van der Waals surface area contributed by atoms with Gasteiger partial charge in [-0.2, -0.15) is 0 Å². The molecule has 0 unspecified atom stereocenters. The van der Waals surface area contributed by atoms with Crippen molar-refractivity contribution in [3.8, 4) is 0 Å². The van der Waals surface area contributed by atoms with Crippen LogP contribution in [0.3, 0.4) is 0 Å². The topological polar surface area (TPSA) is 0 Å². The van der Waals surface area contributed by atoms with Gasteiger partial charge < -0.3 is 0 Å². The molecule has 0 nitrogen and oxygen atoms in total. The summed E-state index contributed by atoms with van der Waals surface area (Å²) in [6, 6.07) is 0. The van der Waals surface area contributed by atoms with E-state index in [-0.39, 0.29) is 0 Å². The zero-order valence-electron chi connectivity index (χ0n) is 13.7. The molecule has 0 aliphatic rings. The summed E-state index contributed by atoms with van der Waals surface area (Å²) in [7, 11) is 0. The Labute approximate surface area is 137 Å². The van der Waals surface area contributed by atoms with Gasteiger partial charge in [0.2, 0.25) is 0 Å². The van der Waals surface area contributed by atoms with Crippen LogP contribution < -0.4 is 0 Å². The van der Waals surface area contributed by atoms with Crippen molar-refractivity contribution in [2.24, 2.45) is 0 Å². The van der Waals surface area contributed by atoms with Crippen LogP contribution in [0.25, 0.3) is 0 Å². The van der Waals surface area contributed by atoms with Gasteiger partial charge >= 0.3 is 0 Å². The van der Waals surface area contributed by atoms with Crippen LogP contribution >= 0.6 is 12.2 Å². The van der Waals surface area contributed by atoms with E-state index in [2.05, 4.69) is 55.5 Å². The Kier molecular flexibility index (Phi) is 18.2. The van der Waals surface area contributed by atoms with E-state index in [0.717, 1.165) is 32.1 Å². The maximum Gasteiger partial charge on any atom is -0.0169 e. The largest absolute Gasteiger partial charge is 0.0935 e. The highest BCUT2D eigenvalue weighted by Gasteiger charge is 1.81. The lowest BCUT2D eigenvalue weighted by Gasteiger charge is -1.90. The highest BCUT2D eigenvalue weighted by Crippen LogP contribution is 2.01. The molecule has 0 N–H and O–H groups in total. The summed E-state index contributed by atoms with van der Waals surface area (Å²) >= 11 is 4.79. The molecule has 0 amide bonds. The van der Waals surface area contributed by atoms with Crippen LogP contribution in [0.5, 0.6) is 0 Å². The van der Waals surface area contributed by atoms with Gasteiger partial charge in [0.1, 0.15) is 0 Å². The third kappa shape index (κ3) is 19.0. The van der Waals surface area contributed by atoms with E-state index in [0.29, 0.717) is 0 Å². The number of hydrogen-bond donors (Lipinski definition) is 0. The molecule has 1 heteroatoms. The van der Waals surface area contributed by atoms with Crippen LogP contribution in [-0.4, -0.2) is 5.37 Å². The summed E-state index contributed by atoms with van der Waals surface area (Å²) in [6.45, 7) is 2.25. The van der Waals surface area contributed by atoms with Crippen molar-refractivity contribution in [2.75, 3.05) is 0 Å². The lowest BCUT2D eigenvalue weighted by molar-refractivity contribution is 0.728. The van der Waals surface area contributed by atoms with Crippen LogP contribution in [0, 0.1) is 0 Å². The smallest absolute Gasteiger partial charge is 0.0169 e. The molecule has 0 aromatic rings. The Morgan fingerprint density at radius 2 is 1.05 bits per heavy atom. The fourth-order valence-corrected chi connectivity index (χ4v) is 2.05. The van der Waals surface area contributed by atoms with E-state index in [4.69, 9.17) is 12.2 Å². The van der Waals surface area contributed by atoms with E-state index in [1.165, 1.54) is 32.1 Å². The number of thiocarbonyl (C=S) groups is 1. The number of unbranched alkanes of at least 4 members (excludes halogenated alkanes) is 5. The van der Waals surface area contributed by atoms with Crippen LogP contribution in [0.4, 0.5) is 0 Å². The Bertz CT molecular complexity index is 321. The summed E-state index contributed by atoms with van der Waals surface area (Å²) in [5.41, 5.74) is 0. The molecule has 0 atom stereocenters. The number of rotatable bonds is 14. The molecule has 21 heavy (non-hydrogen) atoms. The molecule has 0 rings (SSSR count). The first kappa shape index (κ1) is 20.1. The van der Waals surface area contributed by atoms with Crippen molar-refractivity contribution >= 4 is 17.6 Å². The van der Waals surface area contributed by atoms with Crippen molar-refractivity contribution in [1.29, 1.82) is 0 Å². The summed E-state index contributed by atoms with van der Waals surface area (Å²) in [5, 5.41) is 1.82. The maximum absolute atomic E-state index is 4.79. The minimum Gasteiger partial charge on any atom is -0.0935 e. The van der Waals surface area contributed by atoms with Crippen LogP contribution in [0.2, 0.25) is 0 Å². The Hall–Kier alpha value is -0.950. The van der Waals surface area contributed by atoms with Gasteiger partial charge in [-0.15, -0.1) is 0 Å². The van der Waals surface area contributed by atoms with Crippen molar-refractivity contribution in [1.82, 2.24) is 0 Å². The van der Waals surface area contributed by atoms with Crippen LogP contribution in [0.15, 0.2) is 48.6 Å². The fourth-order valence-electron chi connectivity index (χ4n) is 1.88. The molecule has 0 aliphatic heterocycles. The highest BCUT2D eigenvalue weighted by atomic mass is 32.1. The first-order valence-electron chi connectivity index (χ1n) is 8.45. The molecule has 0 fully saturated rings. The lowest BCUT2D eigenvalue weighted by Crippen LogP contribution is -1.71. The predicted molar refractivity (Wildman–Crippen MR) is 102 cm³/mol. The second-order valence-electron chi connectivity index (χ2n) is 5.19. The molecule has 0 spiro atoms. The molecule has 0 saturated carbocycles. The maximum atomic E-state index is 4.79. The zero-order chi connectivity index (χ0) is 15.4. The molecular formula is C20H32S. The van der Waals surface area contributed by atoms with E-state index in [9.17, 15) is 0 Å². The van der Waals surface area contributed by atoms with Crippen molar-refractivity contribution in [3.63, 3.8) is 0 Å². The van der Waals surface area contributed by atoms with Gasteiger partial charge in [-0.25, -0.2) is 0 Å². The second kappa shape index (κ2) is 19.1. The third-order valence-corrected chi connectivity index (χ3v) is 3.39. The summed E-state index contributed by atoms with van der Waals surface area (Å²) in [6.07, 6.45) is 29.8. The molecule has 0 aliphatic carbocycles. The average molecular weight is 305 g/mol. The molecule has 0 bridgehead atoms.